The van der Waals surface area contributed by atoms with Crippen LogP contribution >= 0.6 is 0 Å². The Morgan fingerprint density at radius 3 is 2.23 bits per heavy atom. The van der Waals surface area contributed by atoms with E-state index in [0.29, 0.717) is 0 Å². The first-order chi connectivity index (χ1) is 12.6. The van der Waals surface area contributed by atoms with Gasteiger partial charge < -0.3 is 9.30 Å². The highest BCUT2D eigenvalue weighted by atomic mass is 16.5. The summed E-state index contributed by atoms with van der Waals surface area (Å²) in [6.45, 7) is 5.07. The maximum atomic E-state index is 5.30. The third kappa shape index (κ3) is 3.11. The van der Waals surface area contributed by atoms with Crippen molar-refractivity contribution in [2.45, 2.75) is 20.4 Å². The minimum Gasteiger partial charge on any atom is -0.497 e. The van der Waals surface area contributed by atoms with E-state index in [1.54, 1.807) is 7.11 Å². The quantitative estimate of drug-likeness (QED) is 0.459. The molecule has 0 saturated heterocycles. The molecule has 0 atom stereocenters. The molecule has 0 fully saturated rings. The smallest absolute Gasteiger partial charge is 0.118 e. The molecule has 0 unspecified atom stereocenters. The predicted molar refractivity (Wildman–Crippen MR) is 108 cm³/mol. The summed E-state index contributed by atoms with van der Waals surface area (Å²) in [5, 5.41) is 1.16. The number of nitrogens with zero attached hydrogens (tertiary/aromatic N) is 1. The monoisotopic (exact) mass is 340 g/mol. The van der Waals surface area contributed by atoms with Crippen LogP contribution in [0.5, 0.6) is 5.75 Å². The summed E-state index contributed by atoms with van der Waals surface area (Å²) >= 11 is 0. The summed E-state index contributed by atoms with van der Waals surface area (Å²) in [4.78, 5) is 0. The molecule has 0 spiro atoms. The third-order valence-electron chi connectivity index (χ3n) is 4.79. The molecule has 1 heterocycles. The standard InChI is InChI=1S/C24H22NO/c1-17-4-7-19(8-5-17)16-25-23-13-6-18(2)14-21(23)15-24(25)20-9-11-22(26-3)12-10-20/h4-14H,16H2,1-3H3. The fourth-order valence-corrected chi connectivity index (χ4v) is 3.32. The molecule has 0 aliphatic carbocycles. The number of hydrogen-bond donors (Lipinski definition) is 0. The minimum absolute atomic E-state index is 0.824. The molecule has 4 aromatic rings. The van der Waals surface area contributed by atoms with Gasteiger partial charge in [-0.05, 0) is 61.4 Å². The number of aryl methyl sites for hydroxylation is 2. The topological polar surface area (TPSA) is 14.2 Å². The molecule has 129 valence electrons. The van der Waals surface area contributed by atoms with E-state index in [1.165, 1.54) is 22.2 Å². The van der Waals surface area contributed by atoms with Crippen LogP contribution in [0.25, 0.3) is 22.2 Å². The van der Waals surface area contributed by atoms with E-state index in [9.17, 15) is 0 Å². The van der Waals surface area contributed by atoms with E-state index in [4.69, 9.17) is 4.74 Å². The normalized spacial score (nSPS) is 11.0. The second-order valence-electron chi connectivity index (χ2n) is 6.79. The average Bonchev–Trinajstić information content (AvgIpc) is 3.01. The maximum Gasteiger partial charge on any atom is 0.118 e. The van der Waals surface area contributed by atoms with Crippen molar-refractivity contribution in [3.05, 3.63) is 89.5 Å². The molecule has 26 heavy (non-hydrogen) atoms. The zero-order valence-electron chi connectivity index (χ0n) is 15.4. The molecule has 0 N–H and O–H groups in total. The van der Waals surface area contributed by atoms with Crippen LogP contribution in [0.15, 0.2) is 66.7 Å². The summed E-state index contributed by atoms with van der Waals surface area (Å²) in [6.07, 6.45) is 0. The lowest BCUT2D eigenvalue weighted by Gasteiger charge is -2.12. The Bertz CT molecular complexity index is 1040. The largest absolute Gasteiger partial charge is 0.497 e. The van der Waals surface area contributed by atoms with Gasteiger partial charge >= 0.3 is 0 Å². The zero-order chi connectivity index (χ0) is 18.1. The van der Waals surface area contributed by atoms with Crippen molar-refractivity contribution >= 4 is 10.9 Å². The number of fused-ring (bicyclic) bond motifs is 1. The molecule has 4 rings (SSSR count). The highest BCUT2D eigenvalue weighted by Gasteiger charge is 2.12. The molecule has 2 nitrogen and oxygen atoms in total. The van der Waals surface area contributed by atoms with Crippen LogP contribution in [0.1, 0.15) is 16.7 Å². The molecule has 0 saturated carbocycles. The Hall–Kier alpha value is -3.00. The zero-order valence-corrected chi connectivity index (χ0v) is 15.4. The van der Waals surface area contributed by atoms with E-state index in [0.717, 1.165) is 28.9 Å². The number of hydrogen-bond acceptors (Lipinski definition) is 1. The highest BCUT2D eigenvalue weighted by molar-refractivity contribution is 5.87. The van der Waals surface area contributed by atoms with Crippen molar-refractivity contribution in [1.29, 1.82) is 0 Å². The number of benzene rings is 3. The van der Waals surface area contributed by atoms with Crippen LogP contribution in [0.2, 0.25) is 0 Å². The second-order valence-corrected chi connectivity index (χ2v) is 6.79. The first-order valence-corrected chi connectivity index (χ1v) is 8.86. The molecular formula is C24H22NO. The van der Waals surface area contributed by atoms with Gasteiger partial charge in [-0.1, -0.05) is 41.5 Å². The van der Waals surface area contributed by atoms with Crippen LogP contribution in [0, 0.1) is 19.9 Å². The van der Waals surface area contributed by atoms with Gasteiger partial charge in [-0.25, -0.2) is 0 Å². The van der Waals surface area contributed by atoms with Gasteiger partial charge in [0.15, 0.2) is 0 Å². The molecule has 0 amide bonds. The summed E-state index contributed by atoms with van der Waals surface area (Å²) in [7, 11) is 1.69. The third-order valence-corrected chi connectivity index (χ3v) is 4.79. The fraction of sp³-hybridized carbons (Fsp3) is 0.167. The van der Waals surface area contributed by atoms with Crippen molar-refractivity contribution in [2.75, 3.05) is 7.11 Å². The number of methoxy groups -OCH3 is 1. The van der Waals surface area contributed by atoms with Crippen LogP contribution in [0.3, 0.4) is 0 Å². The summed E-state index contributed by atoms with van der Waals surface area (Å²) in [6, 6.07) is 27.1. The van der Waals surface area contributed by atoms with E-state index >= 15 is 0 Å². The van der Waals surface area contributed by atoms with Gasteiger partial charge in [-0.15, -0.1) is 0 Å². The lowest BCUT2D eigenvalue weighted by molar-refractivity contribution is 0.415. The Balaban J connectivity index is 1.85. The van der Waals surface area contributed by atoms with Gasteiger partial charge in [0.25, 0.3) is 0 Å². The lowest BCUT2D eigenvalue weighted by atomic mass is 10.1. The molecule has 1 aromatic heterocycles. The summed E-state index contributed by atoms with van der Waals surface area (Å²) in [5.41, 5.74) is 7.28. The maximum absolute atomic E-state index is 5.30. The summed E-state index contributed by atoms with van der Waals surface area (Å²) in [5.74, 6) is 0.866. The van der Waals surface area contributed by atoms with Gasteiger partial charge in [0.05, 0.1) is 12.8 Å². The van der Waals surface area contributed by atoms with Crippen molar-refractivity contribution in [2.24, 2.45) is 0 Å². The second kappa shape index (κ2) is 6.72. The average molecular weight is 340 g/mol. The van der Waals surface area contributed by atoms with E-state index in [-0.39, 0.29) is 0 Å². The SMILES string of the molecule is COc1ccc(-c2[c]c3cc(C)ccc3n2Cc2ccc(C)cc2)cc1. The first-order valence-electron chi connectivity index (χ1n) is 8.86. The van der Waals surface area contributed by atoms with Crippen LogP contribution in [-0.2, 0) is 6.54 Å². The molecule has 2 heteroatoms. The van der Waals surface area contributed by atoms with Crippen molar-refractivity contribution in [3.8, 4) is 17.0 Å². The van der Waals surface area contributed by atoms with Gasteiger partial charge in [0.1, 0.15) is 5.75 Å². The van der Waals surface area contributed by atoms with E-state index < -0.39 is 0 Å². The molecule has 0 aliphatic heterocycles. The predicted octanol–water partition coefficient (Wildman–Crippen LogP) is 5.78. The van der Waals surface area contributed by atoms with Gasteiger partial charge in [-0.3, -0.25) is 0 Å². The van der Waals surface area contributed by atoms with Crippen LogP contribution < -0.4 is 4.74 Å². The van der Waals surface area contributed by atoms with E-state index in [2.05, 4.69) is 79.1 Å². The van der Waals surface area contributed by atoms with Gasteiger partial charge in [0.2, 0.25) is 0 Å². The van der Waals surface area contributed by atoms with Crippen molar-refractivity contribution in [3.63, 3.8) is 0 Å². The van der Waals surface area contributed by atoms with Crippen molar-refractivity contribution in [1.82, 2.24) is 4.57 Å². The van der Waals surface area contributed by atoms with Gasteiger partial charge in [0, 0.05) is 23.5 Å². The Morgan fingerprint density at radius 2 is 1.54 bits per heavy atom. The first kappa shape index (κ1) is 16.5. The van der Waals surface area contributed by atoms with Crippen LogP contribution in [0.4, 0.5) is 0 Å². The molecule has 3 aromatic carbocycles. The molecule has 0 bridgehead atoms. The van der Waals surface area contributed by atoms with Gasteiger partial charge in [-0.2, -0.15) is 0 Å². The van der Waals surface area contributed by atoms with E-state index in [1.807, 2.05) is 12.1 Å². The number of rotatable bonds is 4. The molecular weight excluding hydrogens is 318 g/mol. The van der Waals surface area contributed by atoms with Crippen LogP contribution in [-0.4, -0.2) is 11.7 Å². The molecule has 0 aliphatic rings. The number of ether oxygens (including phenoxy) is 1. The van der Waals surface area contributed by atoms with Crippen molar-refractivity contribution < 1.29 is 4.74 Å². The molecule has 1 radical (unpaired) electrons. The minimum atomic E-state index is 0.824. The Morgan fingerprint density at radius 1 is 0.846 bits per heavy atom. The Kier molecular flexibility index (Phi) is 4.26. The fourth-order valence-electron chi connectivity index (χ4n) is 3.32. The highest BCUT2D eigenvalue weighted by Crippen LogP contribution is 2.30. The Labute approximate surface area is 154 Å². The summed E-state index contributed by atoms with van der Waals surface area (Å²) < 4.78 is 7.65. The lowest BCUT2D eigenvalue weighted by Crippen LogP contribution is -2.01. The number of aromatic nitrogens is 1.